The summed E-state index contributed by atoms with van der Waals surface area (Å²) in [5.74, 6) is -0.507. The molecule has 1 heterocycles. The summed E-state index contributed by atoms with van der Waals surface area (Å²) in [4.78, 5) is 3.82. The van der Waals surface area contributed by atoms with E-state index in [1.807, 2.05) is 6.07 Å². The first-order valence-electron chi connectivity index (χ1n) is 5.73. The van der Waals surface area contributed by atoms with Crippen molar-refractivity contribution in [2.45, 2.75) is 6.61 Å². The predicted molar refractivity (Wildman–Crippen MR) is 69.5 cm³/mol. The average Bonchev–Trinajstić information content (AvgIpc) is 2.45. The van der Waals surface area contributed by atoms with Crippen LogP contribution in [0.4, 0.5) is 4.39 Å². The van der Waals surface area contributed by atoms with E-state index in [4.69, 9.17) is 10.00 Å². The Balaban J connectivity index is 2.18. The Labute approximate surface area is 115 Å². The number of ether oxygens (including phenoxy) is 1. The Morgan fingerprint density at radius 1 is 1.30 bits per heavy atom. The van der Waals surface area contributed by atoms with Crippen LogP contribution in [0.5, 0.6) is 5.75 Å². The van der Waals surface area contributed by atoms with E-state index in [1.165, 1.54) is 18.3 Å². The highest BCUT2D eigenvalue weighted by Crippen LogP contribution is 2.13. The molecule has 0 saturated heterocycles. The maximum absolute atomic E-state index is 13.2. The number of nitriles is 1. The van der Waals surface area contributed by atoms with Crippen LogP contribution in [0.15, 0.2) is 36.5 Å². The van der Waals surface area contributed by atoms with E-state index in [0.717, 1.165) is 12.1 Å². The van der Waals surface area contributed by atoms with Crippen LogP contribution in [0.1, 0.15) is 11.3 Å². The SMILES string of the molecule is N#Cc1cc(COc2cc(F)ccc2B(O)O)ccn1. The van der Waals surface area contributed by atoms with E-state index < -0.39 is 12.9 Å². The van der Waals surface area contributed by atoms with Gasteiger partial charge in [-0.25, -0.2) is 9.37 Å². The molecule has 2 N–H and O–H groups in total. The summed E-state index contributed by atoms with van der Waals surface area (Å²) in [7, 11) is -1.75. The van der Waals surface area contributed by atoms with Crippen molar-refractivity contribution in [1.82, 2.24) is 4.98 Å². The van der Waals surface area contributed by atoms with Gasteiger partial charge in [0.1, 0.15) is 29.9 Å². The molecule has 100 valence electrons. The lowest BCUT2D eigenvalue weighted by atomic mass is 9.79. The fourth-order valence-corrected chi connectivity index (χ4v) is 1.63. The number of benzene rings is 1. The molecule has 0 aliphatic carbocycles. The van der Waals surface area contributed by atoms with Crippen molar-refractivity contribution in [3.8, 4) is 11.8 Å². The molecule has 0 atom stereocenters. The van der Waals surface area contributed by atoms with Crippen LogP contribution >= 0.6 is 0 Å². The second-order valence-electron chi connectivity index (χ2n) is 4.01. The minimum absolute atomic E-state index is 0.0373. The maximum atomic E-state index is 13.2. The molecule has 0 radical (unpaired) electrons. The van der Waals surface area contributed by atoms with E-state index in [1.54, 1.807) is 6.07 Å². The molecule has 1 aromatic carbocycles. The zero-order valence-electron chi connectivity index (χ0n) is 10.3. The number of hydrogen-bond acceptors (Lipinski definition) is 5. The average molecular weight is 272 g/mol. The third kappa shape index (κ3) is 3.32. The molecule has 0 aliphatic heterocycles. The molecule has 0 bridgehead atoms. The normalized spacial score (nSPS) is 9.90. The van der Waals surface area contributed by atoms with Gasteiger partial charge >= 0.3 is 7.12 Å². The zero-order valence-corrected chi connectivity index (χ0v) is 10.3. The topological polar surface area (TPSA) is 86.4 Å². The molecule has 20 heavy (non-hydrogen) atoms. The Morgan fingerprint density at radius 3 is 2.80 bits per heavy atom. The predicted octanol–water partition coefficient (Wildman–Crippen LogP) is 0.351. The van der Waals surface area contributed by atoms with Gasteiger partial charge in [0.05, 0.1) is 0 Å². The third-order valence-corrected chi connectivity index (χ3v) is 2.59. The van der Waals surface area contributed by atoms with Crippen LogP contribution in [-0.4, -0.2) is 22.2 Å². The van der Waals surface area contributed by atoms with Crippen molar-refractivity contribution in [3.63, 3.8) is 0 Å². The molecule has 0 fully saturated rings. The zero-order chi connectivity index (χ0) is 14.5. The van der Waals surface area contributed by atoms with Crippen LogP contribution in [0.2, 0.25) is 0 Å². The molecule has 2 rings (SSSR count). The Kier molecular flexibility index (Phi) is 4.30. The van der Waals surface area contributed by atoms with Gasteiger partial charge in [-0.2, -0.15) is 5.26 Å². The summed E-state index contributed by atoms with van der Waals surface area (Å²) < 4.78 is 18.5. The lowest BCUT2D eigenvalue weighted by molar-refractivity contribution is 0.305. The van der Waals surface area contributed by atoms with Crippen LogP contribution in [0, 0.1) is 17.1 Å². The Bertz CT molecular complexity index is 658. The first kappa shape index (κ1) is 14.0. The second-order valence-corrected chi connectivity index (χ2v) is 4.01. The molecule has 0 spiro atoms. The van der Waals surface area contributed by atoms with Gasteiger partial charge in [-0.1, -0.05) is 6.07 Å². The van der Waals surface area contributed by atoms with Crippen LogP contribution in [0.25, 0.3) is 0 Å². The highest BCUT2D eigenvalue weighted by Gasteiger charge is 2.17. The van der Waals surface area contributed by atoms with E-state index >= 15 is 0 Å². The smallest absolute Gasteiger partial charge is 0.489 e. The largest absolute Gasteiger partial charge is 0.492 e. The van der Waals surface area contributed by atoms with E-state index in [0.29, 0.717) is 5.56 Å². The number of hydrogen-bond donors (Lipinski definition) is 2. The van der Waals surface area contributed by atoms with Gasteiger partial charge in [0.15, 0.2) is 0 Å². The highest BCUT2D eigenvalue weighted by atomic mass is 19.1. The quantitative estimate of drug-likeness (QED) is 0.784. The monoisotopic (exact) mass is 272 g/mol. The molecule has 5 nitrogen and oxygen atoms in total. The van der Waals surface area contributed by atoms with Crippen molar-refractivity contribution in [1.29, 1.82) is 5.26 Å². The minimum Gasteiger partial charge on any atom is -0.489 e. The summed E-state index contributed by atoms with van der Waals surface area (Å²) >= 11 is 0. The van der Waals surface area contributed by atoms with Gasteiger partial charge < -0.3 is 14.8 Å². The van der Waals surface area contributed by atoms with Crippen molar-refractivity contribution < 1.29 is 19.2 Å². The van der Waals surface area contributed by atoms with Gasteiger partial charge in [0.25, 0.3) is 0 Å². The van der Waals surface area contributed by atoms with E-state index in [9.17, 15) is 14.4 Å². The molecule has 0 saturated carbocycles. The maximum Gasteiger partial charge on any atom is 0.492 e. The fourth-order valence-electron chi connectivity index (χ4n) is 1.63. The molecular formula is C13H10BFN2O3. The van der Waals surface area contributed by atoms with Crippen molar-refractivity contribution in [2.75, 3.05) is 0 Å². The van der Waals surface area contributed by atoms with Crippen molar-refractivity contribution in [3.05, 3.63) is 53.6 Å². The van der Waals surface area contributed by atoms with E-state index in [2.05, 4.69) is 4.98 Å². The first-order valence-corrected chi connectivity index (χ1v) is 5.73. The van der Waals surface area contributed by atoms with Gasteiger partial charge in [0, 0.05) is 17.7 Å². The number of rotatable bonds is 4. The van der Waals surface area contributed by atoms with Gasteiger partial charge in [-0.05, 0) is 23.8 Å². The Hall–Kier alpha value is -2.43. The Morgan fingerprint density at radius 2 is 2.10 bits per heavy atom. The second kappa shape index (κ2) is 6.15. The number of nitrogens with zero attached hydrogens (tertiary/aromatic N) is 2. The summed E-state index contributed by atoms with van der Waals surface area (Å²) in [6.45, 7) is 0.0559. The van der Waals surface area contributed by atoms with Gasteiger partial charge in [0.2, 0.25) is 0 Å². The number of aromatic nitrogens is 1. The lowest BCUT2D eigenvalue weighted by Crippen LogP contribution is -2.31. The summed E-state index contributed by atoms with van der Waals surface area (Å²) in [5, 5.41) is 27.1. The first-order chi connectivity index (χ1) is 9.60. The van der Waals surface area contributed by atoms with Gasteiger partial charge in [-0.3, -0.25) is 0 Å². The number of pyridine rings is 1. The molecule has 0 unspecified atom stereocenters. The standard InChI is InChI=1S/C13H10BFN2O3/c15-10-1-2-12(14(18)19)13(6-10)20-8-9-3-4-17-11(5-9)7-16/h1-6,18-19H,8H2. The van der Waals surface area contributed by atoms with Crippen molar-refractivity contribution >= 4 is 12.6 Å². The minimum atomic E-state index is -1.75. The fraction of sp³-hybridized carbons (Fsp3) is 0.0769. The molecular weight excluding hydrogens is 262 g/mol. The van der Waals surface area contributed by atoms with Crippen molar-refractivity contribution in [2.24, 2.45) is 0 Å². The molecule has 0 aliphatic rings. The van der Waals surface area contributed by atoms with Gasteiger partial charge in [-0.15, -0.1) is 0 Å². The summed E-state index contributed by atoms with van der Waals surface area (Å²) in [5.41, 5.74) is 0.980. The third-order valence-electron chi connectivity index (χ3n) is 2.59. The molecule has 2 aromatic rings. The van der Waals surface area contributed by atoms with Crippen LogP contribution in [-0.2, 0) is 6.61 Å². The van der Waals surface area contributed by atoms with Crippen LogP contribution < -0.4 is 10.2 Å². The molecule has 7 heteroatoms. The summed E-state index contributed by atoms with van der Waals surface area (Å²) in [6, 6.07) is 8.50. The molecule has 0 amide bonds. The molecule has 1 aromatic heterocycles. The van der Waals surface area contributed by atoms with Crippen LogP contribution in [0.3, 0.4) is 0 Å². The number of halogens is 1. The lowest BCUT2D eigenvalue weighted by Gasteiger charge is -2.11. The van der Waals surface area contributed by atoms with E-state index in [-0.39, 0.29) is 23.5 Å². The highest BCUT2D eigenvalue weighted by molar-refractivity contribution is 6.59. The summed E-state index contributed by atoms with van der Waals surface area (Å²) in [6.07, 6.45) is 1.46.